The number of nitrogens with two attached hydrogens (primary N) is 1. The first-order valence-electron chi connectivity index (χ1n) is 7.42. The Morgan fingerprint density at radius 1 is 1.12 bits per heavy atom. The summed E-state index contributed by atoms with van der Waals surface area (Å²) >= 11 is 0. The van der Waals surface area contributed by atoms with Gasteiger partial charge in [-0.3, -0.25) is 0 Å². The number of hydrogen-bond donors (Lipinski definition) is 1. The molecule has 2 N–H and O–H groups in total. The van der Waals surface area contributed by atoms with Crippen molar-refractivity contribution in [2.45, 2.75) is 33.6 Å². The fraction of sp³-hybridized carbons (Fsp3) is 0.353. The van der Waals surface area contributed by atoms with Crippen molar-refractivity contribution in [1.29, 1.82) is 0 Å². The number of benzene rings is 1. The van der Waals surface area contributed by atoms with Gasteiger partial charge < -0.3 is 5.73 Å². The Kier molecular flexibility index (Phi) is 5.19. The predicted molar refractivity (Wildman–Crippen MR) is 94.2 cm³/mol. The Hall–Kier alpha value is -1.68. The van der Waals surface area contributed by atoms with Crippen molar-refractivity contribution >= 4 is 31.8 Å². The monoisotopic (exact) mass is 358 g/mol. The third kappa shape index (κ3) is 2.88. The highest BCUT2D eigenvalue weighted by Gasteiger charge is 2.29. The Balaban J connectivity index is 3.00. The van der Waals surface area contributed by atoms with E-state index in [0.29, 0.717) is 5.56 Å². The molecule has 130 valence electrons. The van der Waals surface area contributed by atoms with Crippen LogP contribution < -0.4 is 11.0 Å². The number of anilines is 1. The first kappa shape index (κ1) is 18.7. The van der Waals surface area contributed by atoms with Crippen LogP contribution in [0, 0.1) is 12.7 Å². The van der Waals surface area contributed by atoms with E-state index in [0.717, 1.165) is 0 Å². The van der Waals surface area contributed by atoms with Crippen LogP contribution in [0.1, 0.15) is 43.4 Å². The molecule has 2 nitrogen and oxygen atoms in total. The summed E-state index contributed by atoms with van der Waals surface area (Å²) in [5, 5.41) is 0.0557. The zero-order valence-electron chi connectivity index (χ0n) is 13.9. The average Bonchev–Trinajstić information content (AvgIpc) is 2.61. The molecule has 1 atom stereocenters. The molecule has 2 rings (SSSR count). The molecule has 1 unspecified atom stereocenters. The highest BCUT2D eigenvalue weighted by Crippen LogP contribution is 2.39. The van der Waals surface area contributed by atoms with Gasteiger partial charge in [-0.15, -0.1) is 9.24 Å². The zero-order valence-corrected chi connectivity index (χ0v) is 15.1. The molecule has 0 saturated heterocycles. The van der Waals surface area contributed by atoms with Gasteiger partial charge in [-0.2, -0.15) is 4.39 Å². The lowest BCUT2D eigenvalue weighted by Crippen LogP contribution is -2.19. The average molecular weight is 358 g/mol. The summed E-state index contributed by atoms with van der Waals surface area (Å²) in [6.45, 7) is 5.65. The molecular formula is C17H19F4N2P. The summed E-state index contributed by atoms with van der Waals surface area (Å²) in [6.07, 6.45) is 0. The van der Waals surface area contributed by atoms with E-state index in [9.17, 15) is 17.6 Å². The third-order valence-corrected chi connectivity index (χ3v) is 4.67. The second kappa shape index (κ2) is 6.67. The van der Waals surface area contributed by atoms with Crippen LogP contribution in [0.5, 0.6) is 0 Å². The van der Waals surface area contributed by atoms with Crippen molar-refractivity contribution in [3.63, 3.8) is 0 Å². The molecule has 0 bridgehead atoms. The minimum Gasteiger partial charge on any atom is -0.398 e. The van der Waals surface area contributed by atoms with Gasteiger partial charge in [-0.25, -0.2) is 18.2 Å². The van der Waals surface area contributed by atoms with Crippen molar-refractivity contribution in [3.05, 3.63) is 39.7 Å². The molecule has 1 aromatic rings. The van der Waals surface area contributed by atoms with Crippen LogP contribution >= 0.6 is 9.24 Å². The number of nitrogen functional groups attached to an aromatic ring is 1. The van der Waals surface area contributed by atoms with E-state index in [1.54, 1.807) is 0 Å². The van der Waals surface area contributed by atoms with Crippen LogP contribution in [0.2, 0.25) is 0 Å². The molecule has 1 heterocycles. The Labute approximate surface area is 140 Å². The van der Waals surface area contributed by atoms with Crippen molar-refractivity contribution in [2.75, 3.05) is 12.3 Å². The van der Waals surface area contributed by atoms with Crippen LogP contribution in [0.4, 0.5) is 23.2 Å². The normalized spacial score (nSPS) is 16.0. The van der Waals surface area contributed by atoms with Crippen LogP contribution in [-0.4, -0.2) is 12.5 Å². The van der Waals surface area contributed by atoms with E-state index in [4.69, 9.17) is 5.73 Å². The molecule has 0 aliphatic carbocycles. The minimum absolute atomic E-state index is 0.0557. The maximum Gasteiger partial charge on any atom is 0.217 e. The molecule has 1 aromatic carbocycles. The van der Waals surface area contributed by atoms with E-state index in [-0.39, 0.29) is 39.2 Å². The highest BCUT2D eigenvalue weighted by atomic mass is 31.0. The molecule has 1 aliphatic rings. The minimum atomic E-state index is -1.18. The molecule has 0 spiro atoms. The topological polar surface area (TPSA) is 38.4 Å². The number of allylic oxidation sites excluding steroid dienone is 3. The van der Waals surface area contributed by atoms with Crippen LogP contribution in [-0.2, 0) is 0 Å². The van der Waals surface area contributed by atoms with Crippen LogP contribution in [0.15, 0.2) is 22.2 Å². The second-order valence-electron chi connectivity index (χ2n) is 6.04. The highest BCUT2D eigenvalue weighted by molar-refractivity contribution is 7.27. The van der Waals surface area contributed by atoms with Crippen molar-refractivity contribution < 1.29 is 17.6 Å². The second-order valence-corrected chi connectivity index (χ2v) is 6.61. The number of nitrogens with zero attached hydrogens (tertiary/aromatic N) is 1. The fourth-order valence-electron chi connectivity index (χ4n) is 2.83. The van der Waals surface area contributed by atoms with Gasteiger partial charge in [0.05, 0.1) is 6.54 Å². The van der Waals surface area contributed by atoms with Gasteiger partial charge in [0, 0.05) is 27.7 Å². The molecule has 0 saturated carbocycles. The number of halogens is 4. The smallest absolute Gasteiger partial charge is 0.217 e. The third-order valence-electron chi connectivity index (χ3n) is 4.13. The first-order valence-corrected chi connectivity index (χ1v) is 8.00. The number of hydrogen-bond acceptors (Lipinski definition) is 2. The largest absolute Gasteiger partial charge is 0.398 e. The summed E-state index contributed by atoms with van der Waals surface area (Å²) in [7, 11) is 2.20. The fourth-order valence-corrected chi connectivity index (χ4v) is 3.34. The van der Waals surface area contributed by atoms with E-state index in [1.807, 2.05) is 13.8 Å². The lowest BCUT2D eigenvalue weighted by Gasteiger charge is -2.23. The van der Waals surface area contributed by atoms with E-state index >= 15 is 0 Å². The van der Waals surface area contributed by atoms with E-state index in [1.165, 1.54) is 13.8 Å². The predicted octanol–water partition coefficient (Wildman–Crippen LogP) is 4.65. The molecule has 0 amide bonds. The molecular weight excluding hydrogens is 339 g/mol. The molecule has 0 fully saturated rings. The molecule has 24 heavy (non-hydrogen) atoms. The summed E-state index contributed by atoms with van der Waals surface area (Å²) in [5.74, 6) is -4.19. The summed E-state index contributed by atoms with van der Waals surface area (Å²) in [4.78, 5) is 3.43. The Morgan fingerprint density at radius 3 is 2.25 bits per heavy atom. The Bertz CT molecular complexity index is 808. The van der Waals surface area contributed by atoms with Gasteiger partial charge in [0.1, 0.15) is 5.82 Å². The van der Waals surface area contributed by atoms with Crippen LogP contribution in [0.3, 0.4) is 0 Å². The van der Waals surface area contributed by atoms with Gasteiger partial charge in [-0.05, 0) is 30.9 Å². The van der Waals surface area contributed by atoms with Gasteiger partial charge in [0.25, 0.3) is 0 Å². The van der Waals surface area contributed by atoms with E-state index < -0.39 is 30.0 Å². The first-order chi connectivity index (χ1) is 11.1. The lowest BCUT2D eigenvalue weighted by molar-refractivity contribution is 0.536. The van der Waals surface area contributed by atoms with Crippen molar-refractivity contribution in [2.24, 2.45) is 4.99 Å². The molecule has 1 aliphatic heterocycles. The van der Waals surface area contributed by atoms with Gasteiger partial charge in [0.15, 0.2) is 11.7 Å². The number of rotatable bonds is 2. The summed E-state index contributed by atoms with van der Waals surface area (Å²) in [6, 6.07) is 0. The van der Waals surface area contributed by atoms with E-state index in [2.05, 4.69) is 14.2 Å². The molecule has 0 aromatic heterocycles. The van der Waals surface area contributed by atoms with Gasteiger partial charge in [-0.1, -0.05) is 13.8 Å². The number of aliphatic imine (C=N–C) groups is 1. The van der Waals surface area contributed by atoms with Crippen LogP contribution in [0.25, 0.3) is 5.57 Å². The SMILES string of the molecule is CC1=C(c2c(P)c(F)c(C)c(N)c2C(C)C)C(F)=NCC(F)=C1F. The standard InChI is InChI=1S/C17H19F4N2P/c1-6(2)10-12(16(24)14(20)8(4)15(10)22)11-7(3)13(19)9(18)5-23-17(11)21/h6H,5,22,24H2,1-4H3. The van der Waals surface area contributed by atoms with Gasteiger partial charge >= 0.3 is 0 Å². The van der Waals surface area contributed by atoms with Crippen molar-refractivity contribution in [3.8, 4) is 0 Å². The summed E-state index contributed by atoms with van der Waals surface area (Å²) < 4.78 is 56.8. The lowest BCUT2D eigenvalue weighted by atomic mass is 9.87. The maximum absolute atomic E-state index is 14.5. The molecule has 7 heteroatoms. The van der Waals surface area contributed by atoms with Gasteiger partial charge in [0.2, 0.25) is 5.97 Å². The maximum atomic E-state index is 14.5. The van der Waals surface area contributed by atoms with Crippen molar-refractivity contribution in [1.82, 2.24) is 0 Å². The summed E-state index contributed by atoms with van der Waals surface area (Å²) in [5.41, 5.74) is 6.51. The Morgan fingerprint density at radius 2 is 1.71 bits per heavy atom. The zero-order chi connectivity index (χ0) is 18.3. The molecule has 0 radical (unpaired) electrons. The quantitative estimate of drug-likeness (QED) is 0.467.